The fourth-order valence-electron chi connectivity index (χ4n) is 2.35. The Balaban J connectivity index is 1.71. The first kappa shape index (κ1) is 14.5. The van der Waals surface area contributed by atoms with E-state index in [2.05, 4.69) is 5.32 Å². The summed E-state index contributed by atoms with van der Waals surface area (Å²) in [6, 6.07) is 7.03. The van der Waals surface area contributed by atoms with E-state index in [1.54, 1.807) is 6.92 Å². The van der Waals surface area contributed by atoms with Crippen LogP contribution in [0.2, 0.25) is 0 Å². The molecular weight excluding hydrogens is 265 g/mol. The van der Waals surface area contributed by atoms with Crippen LogP contribution in [0.5, 0.6) is 0 Å². The summed E-state index contributed by atoms with van der Waals surface area (Å²) < 4.78 is 35.5. The van der Waals surface area contributed by atoms with Crippen molar-refractivity contribution in [3.05, 3.63) is 35.6 Å². The Morgan fingerprint density at radius 1 is 1.26 bits per heavy atom. The van der Waals surface area contributed by atoms with Gasteiger partial charge < -0.3 is 5.32 Å². The van der Waals surface area contributed by atoms with Crippen molar-refractivity contribution >= 4 is 9.84 Å². The van der Waals surface area contributed by atoms with Gasteiger partial charge in [-0.25, -0.2) is 12.8 Å². The molecule has 1 aliphatic rings. The molecule has 0 atom stereocenters. The Morgan fingerprint density at radius 3 is 2.47 bits per heavy atom. The van der Waals surface area contributed by atoms with E-state index in [4.69, 9.17) is 0 Å². The molecule has 1 aromatic rings. The third-order valence-corrected chi connectivity index (χ3v) is 5.47. The van der Waals surface area contributed by atoms with Crippen molar-refractivity contribution in [2.24, 2.45) is 0 Å². The number of halogens is 1. The zero-order valence-electron chi connectivity index (χ0n) is 11.1. The number of nitrogens with one attached hydrogen (secondary N) is 1. The van der Waals surface area contributed by atoms with Gasteiger partial charge in [-0.15, -0.1) is 0 Å². The molecule has 0 bridgehead atoms. The minimum atomic E-state index is -2.87. The van der Waals surface area contributed by atoms with Crippen LogP contribution >= 0.6 is 0 Å². The van der Waals surface area contributed by atoms with Gasteiger partial charge in [-0.05, 0) is 36.5 Å². The van der Waals surface area contributed by atoms with Crippen LogP contribution in [0.25, 0.3) is 0 Å². The molecule has 0 saturated heterocycles. The van der Waals surface area contributed by atoms with E-state index in [0.29, 0.717) is 18.5 Å². The van der Waals surface area contributed by atoms with Crippen LogP contribution in [0, 0.1) is 5.82 Å². The minimum Gasteiger partial charge on any atom is -0.313 e. The summed E-state index contributed by atoms with van der Waals surface area (Å²) in [6.45, 7) is 2.19. The first-order valence-electron chi connectivity index (χ1n) is 6.69. The van der Waals surface area contributed by atoms with Gasteiger partial charge in [0.25, 0.3) is 0 Å². The van der Waals surface area contributed by atoms with Crippen molar-refractivity contribution < 1.29 is 12.8 Å². The second kappa shape index (κ2) is 6.01. The van der Waals surface area contributed by atoms with Crippen molar-refractivity contribution in [3.63, 3.8) is 0 Å². The lowest BCUT2D eigenvalue weighted by atomic mass is 9.76. The topological polar surface area (TPSA) is 46.2 Å². The molecule has 1 N–H and O–H groups in total. The van der Waals surface area contributed by atoms with Crippen LogP contribution in [0.1, 0.15) is 31.2 Å². The average molecular weight is 285 g/mol. The van der Waals surface area contributed by atoms with Crippen LogP contribution in [0.3, 0.4) is 0 Å². The molecular formula is C14H20FNO2S. The smallest absolute Gasteiger partial charge is 0.151 e. The lowest BCUT2D eigenvalue weighted by Gasteiger charge is -2.36. The minimum absolute atomic E-state index is 0.206. The summed E-state index contributed by atoms with van der Waals surface area (Å²) in [6.07, 6.45) is 2.00. The predicted molar refractivity (Wildman–Crippen MR) is 74.5 cm³/mol. The van der Waals surface area contributed by atoms with Crippen LogP contribution in [0.4, 0.5) is 4.39 Å². The maximum absolute atomic E-state index is 12.8. The number of hydrogen-bond donors (Lipinski definition) is 1. The van der Waals surface area contributed by atoms with E-state index in [1.165, 1.54) is 17.7 Å². The highest BCUT2D eigenvalue weighted by atomic mass is 32.2. The molecule has 2 rings (SSSR count). The Kier molecular flexibility index (Phi) is 4.58. The molecule has 1 saturated carbocycles. The highest BCUT2D eigenvalue weighted by Gasteiger charge is 2.29. The Labute approximate surface area is 114 Å². The first-order valence-corrected chi connectivity index (χ1v) is 8.51. The van der Waals surface area contributed by atoms with E-state index in [0.717, 1.165) is 12.8 Å². The van der Waals surface area contributed by atoms with E-state index in [-0.39, 0.29) is 17.3 Å². The van der Waals surface area contributed by atoms with Crippen molar-refractivity contribution in [2.75, 3.05) is 18.1 Å². The van der Waals surface area contributed by atoms with Crippen molar-refractivity contribution in [3.8, 4) is 0 Å². The second-order valence-electron chi connectivity index (χ2n) is 5.11. The van der Waals surface area contributed by atoms with Crippen molar-refractivity contribution in [2.45, 2.75) is 31.7 Å². The van der Waals surface area contributed by atoms with Gasteiger partial charge >= 0.3 is 0 Å². The molecule has 1 fully saturated rings. The van der Waals surface area contributed by atoms with Gasteiger partial charge in [0.1, 0.15) is 5.82 Å². The van der Waals surface area contributed by atoms with E-state index in [9.17, 15) is 12.8 Å². The molecule has 19 heavy (non-hydrogen) atoms. The summed E-state index contributed by atoms with van der Waals surface area (Å²) in [7, 11) is -2.87. The van der Waals surface area contributed by atoms with Crippen LogP contribution in [0.15, 0.2) is 24.3 Å². The standard InChI is InChI=1S/C14H20FNO2S/c1-2-19(17,18)8-7-16-14-9-12(10-14)11-3-5-13(15)6-4-11/h3-6,12,14,16H,2,7-10H2,1H3. The van der Waals surface area contributed by atoms with Gasteiger partial charge in [0.05, 0.1) is 5.75 Å². The second-order valence-corrected chi connectivity index (χ2v) is 7.58. The number of hydrogen-bond acceptors (Lipinski definition) is 3. The van der Waals surface area contributed by atoms with Gasteiger partial charge in [0, 0.05) is 18.3 Å². The molecule has 1 aliphatic carbocycles. The molecule has 0 spiro atoms. The lowest BCUT2D eigenvalue weighted by Crippen LogP contribution is -2.42. The summed E-state index contributed by atoms with van der Waals surface area (Å²) in [5, 5.41) is 3.27. The fraction of sp³-hybridized carbons (Fsp3) is 0.571. The van der Waals surface area contributed by atoms with Crippen molar-refractivity contribution in [1.82, 2.24) is 5.32 Å². The maximum Gasteiger partial charge on any atom is 0.151 e. The molecule has 0 unspecified atom stereocenters. The molecule has 0 heterocycles. The first-order chi connectivity index (χ1) is 9.00. The molecule has 3 nitrogen and oxygen atoms in total. The molecule has 5 heteroatoms. The van der Waals surface area contributed by atoms with Gasteiger partial charge in [-0.2, -0.15) is 0 Å². The SMILES string of the molecule is CCS(=O)(=O)CCNC1CC(c2ccc(F)cc2)C1. The predicted octanol–water partition coefficient (Wildman–Crippen LogP) is 2.10. The monoisotopic (exact) mass is 285 g/mol. The Morgan fingerprint density at radius 2 is 1.89 bits per heavy atom. The number of rotatable bonds is 6. The van der Waals surface area contributed by atoms with E-state index in [1.807, 2.05) is 12.1 Å². The number of benzene rings is 1. The Hall–Kier alpha value is -0.940. The molecule has 0 amide bonds. The zero-order chi connectivity index (χ0) is 13.9. The van der Waals surface area contributed by atoms with E-state index >= 15 is 0 Å². The van der Waals surface area contributed by atoms with E-state index < -0.39 is 9.84 Å². The third kappa shape index (κ3) is 4.01. The summed E-state index contributed by atoms with van der Waals surface area (Å²) >= 11 is 0. The number of sulfone groups is 1. The normalized spacial score (nSPS) is 23.1. The molecule has 1 aromatic carbocycles. The highest BCUT2D eigenvalue weighted by molar-refractivity contribution is 7.91. The summed E-state index contributed by atoms with van der Waals surface area (Å²) in [5.74, 6) is 0.682. The van der Waals surface area contributed by atoms with Crippen molar-refractivity contribution in [1.29, 1.82) is 0 Å². The fourth-order valence-corrected chi connectivity index (χ4v) is 3.07. The lowest BCUT2D eigenvalue weighted by molar-refractivity contribution is 0.296. The zero-order valence-corrected chi connectivity index (χ0v) is 11.9. The molecule has 0 aliphatic heterocycles. The van der Waals surface area contributed by atoms with Gasteiger partial charge in [0.15, 0.2) is 9.84 Å². The largest absolute Gasteiger partial charge is 0.313 e. The van der Waals surface area contributed by atoms with Gasteiger partial charge in [-0.1, -0.05) is 19.1 Å². The average Bonchev–Trinajstić information content (AvgIpc) is 2.34. The molecule has 106 valence electrons. The van der Waals surface area contributed by atoms with Crippen LogP contribution in [-0.2, 0) is 9.84 Å². The van der Waals surface area contributed by atoms with Crippen LogP contribution < -0.4 is 5.32 Å². The maximum atomic E-state index is 12.8. The van der Waals surface area contributed by atoms with Crippen LogP contribution in [-0.4, -0.2) is 32.5 Å². The van der Waals surface area contributed by atoms with Gasteiger partial charge in [-0.3, -0.25) is 0 Å². The molecule has 0 aromatic heterocycles. The summed E-state index contributed by atoms with van der Waals surface area (Å²) in [5.41, 5.74) is 1.17. The van der Waals surface area contributed by atoms with Gasteiger partial charge in [0.2, 0.25) is 0 Å². The Bertz CT molecular complexity index is 507. The summed E-state index contributed by atoms with van der Waals surface area (Å²) in [4.78, 5) is 0. The highest BCUT2D eigenvalue weighted by Crippen LogP contribution is 2.36. The third-order valence-electron chi connectivity index (χ3n) is 3.77. The quantitative estimate of drug-likeness (QED) is 0.870. The molecule has 0 radical (unpaired) electrons.